The van der Waals surface area contributed by atoms with Gasteiger partial charge in [0.15, 0.2) is 0 Å². The molecule has 0 saturated heterocycles. The predicted octanol–water partition coefficient (Wildman–Crippen LogP) is 0.792. The van der Waals surface area contributed by atoms with Gasteiger partial charge in [0, 0.05) is 24.7 Å². The summed E-state index contributed by atoms with van der Waals surface area (Å²) in [7, 11) is 3.16. The molecule has 1 aromatic rings. The molecule has 98 valence electrons. The van der Waals surface area contributed by atoms with E-state index >= 15 is 0 Å². The molecule has 1 amide bonds. The molecule has 0 bridgehead atoms. The highest BCUT2D eigenvalue weighted by atomic mass is 16.5. The molecule has 0 aliphatic carbocycles. The average Bonchev–Trinajstić information content (AvgIpc) is 2.42. The third-order valence-corrected chi connectivity index (χ3v) is 2.29. The molecule has 3 N–H and O–H groups in total. The first-order valence-corrected chi connectivity index (χ1v) is 5.59. The lowest BCUT2D eigenvalue weighted by Crippen LogP contribution is -2.27. The molecule has 1 rings (SSSR count). The van der Waals surface area contributed by atoms with Crippen LogP contribution in [0.15, 0.2) is 24.3 Å². The van der Waals surface area contributed by atoms with Gasteiger partial charge in [0.25, 0.3) is 0 Å². The Labute approximate surface area is 107 Å². The number of amides is 1. The number of rotatable bonds is 6. The molecule has 0 aliphatic rings. The Morgan fingerprint density at radius 1 is 1.39 bits per heavy atom. The molecule has 5 nitrogen and oxygen atoms in total. The number of ether oxygens (including phenoxy) is 2. The van der Waals surface area contributed by atoms with Crippen molar-refractivity contribution in [1.29, 1.82) is 0 Å². The zero-order chi connectivity index (χ0) is 13.4. The van der Waals surface area contributed by atoms with Gasteiger partial charge in [-0.3, -0.25) is 4.79 Å². The molecule has 0 aliphatic heterocycles. The predicted molar refractivity (Wildman–Crippen MR) is 70.6 cm³/mol. The van der Waals surface area contributed by atoms with Crippen molar-refractivity contribution >= 4 is 12.0 Å². The normalized spacial score (nSPS) is 10.4. The van der Waals surface area contributed by atoms with Crippen LogP contribution in [-0.2, 0) is 4.79 Å². The van der Waals surface area contributed by atoms with Crippen molar-refractivity contribution in [3.05, 3.63) is 29.8 Å². The van der Waals surface area contributed by atoms with E-state index in [4.69, 9.17) is 15.2 Å². The third-order valence-electron chi connectivity index (χ3n) is 2.29. The van der Waals surface area contributed by atoms with Crippen LogP contribution in [0.1, 0.15) is 5.56 Å². The van der Waals surface area contributed by atoms with E-state index in [-0.39, 0.29) is 5.91 Å². The molecule has 0 atom stereocenters. The van der Waals surface area contributed by atoms with E-state index in [1.807, 2.05) is 0 Å². The van der Waals surface area contributed by atoms with Crippen LogP contribution in [0.5, 0.6) is 11.5 Å². The molecule has 1 aromatic carbocycles. The topological polar surface area (TPSA) is 73.6 Å². The third kappa shape index (κ3) is 4.10. The number of hydrogen-bond donors (Lipinski definition) is 2. The summed E-state index contributed by atoms with van der Waals surface area (Å²) < 4.78 is 10.3. The summed E-state index contributed by atoms with van der Waals surface area (Å²) in [6.45, 7) is 0.875. The molecule has 0 aromatic heterocycles. The molecular weight excluding hydrogens is 232 g/mol. The fraction of sp³-hybridized carbons (Fsp3) is 0.308. The highest BCUT2D eigenvalue weighted by molar-refractivity contribution is 5.92. The van der Waals surface area contributed by atoms with Gasteiger partial charge in [-0.25, -0.2) is 0 Å². The van der Waals surface area contributed by atoms with Crippen molar-refractivity contribution in [2.45, 2.75) is 0 Å². The van der Waals surface area contributed by atoms with Crippen molar-refractivity contribution in [3.8, 4) is 11.5 Å². The van der Waals surface area contributed by atoms with Crippen molar-refractivity contribution in [2.75, 3.05) is 27.3 Å². The molecule has 0 spiro atoms. The Bertz CT molecular complexity index is 430. The maximum Gasteiger partial charge on any atom is 0.244 e. The van der Waals surface area contributed by atoms with Gasteiger partial charge in [-0.05, 0) is 24.3 Å². The van der Waals surface area contributed by atoms with E-state index in [1.165, 1.54) is 6.08 Å². The summed E-state index contributed by atoms with van der Waals surface area (Å²) in [6.07, 6.45) is 3.11. The second-order valence-electron chi connectivity index (χ2n) is 3.52. The van der Waals surface area contributed by atoms with E-state index < -0.39 is 0 Å². The van der Waals surface area contributed by atoms with Crippen molar-refractivity contribution < 1.29 is 14.3 Å². The minimum atomic E-state index is -0.190. The summed E-state index contributed by atoms with van der Waals surface area (Å²) in [5, 5.41) is 2.65. The first kappa shape index (κ1) is 14.1. The highest BCUT2D eigenvalue weighted by Crippen LogP contribution is 2.24. The number of carbonyl (C=O) groups excluding carboxylic acids is 1. The number of nitrogens with two attached hydrogens (primary N) is 1. The average molecular weight is 250 g/mol. The van der Waals surface area contributed by atoms with Crippen LogP contribution in [0.4, 0.5) is 0 Å². The van der Waals surface area contributed by atoms with Gasteiger partial charge in [-0.15, -0.1) is 0 Å². The van der Waals surface area contributed by atoms with Gasteiger partial charge in [-0.2, -0.15) is 0 Å². The SMILES string of the molecule is COc1ccc(OC)c(/C=C/C(=O)NCCN)c1. The first-order chi connectivity index (χ1) is 8.71. The lowest BCUT2D eigenvalue weighted by Gasteiger charge is -2.07. The molecule has 5 heteroatoms. The van der Waals surface area contributed by atoms with Crippen molar-refractivity contribution in [1.82, 2.24) is 5.32 Å². The minimum Gasteiger partial charge on any atom is -0.497 e. The van der Waals surface area contributed by atoms with Crippen LogP contribution in [-0.4, -0.2) is 33.2 Å². The summed E-state index contributed by atoms with van der Waals surface area (Å²) in [4.78, 5) is 11.4. The Hall–Kier alpha value is -2.01. The monoisotopic (exact) mass is 250 g/mol. The smallest absolute Gasteiger partial charge is 0.244 e. The zero-order valence-corrected chi connectivity index (χ0v) is 10.6. The van der Waals surface area contributed by atoms with Gasteiger partial charge >= 0.3 is 0 Å². The number of carbonyl (C=O) groups is 1. The molecule has 18 heavy (non-hydrogen) atoms. The van der Waals surface area contributed by atoms with Crippen LogP contribution in [0.2, 0.25) is 0 Å². The maximum atomic E-state index is 11.4. The second kappa shape index (κ2) is 7.34. The van der Waals surface area contributed by atoms with Gasteiger partial charge in [0.1, 0.15) is 11.5 Å². The molecule has 0 unspecified atom stereocenters. The lowest BCUT2D eigenvalue weighted by molar-refractivity contribution is -0.116. The second-order valence-corrected chi connectivity index (χ2v) is 3.52. The quantitative estimate of drug-likeness (QED) is 0.732. The molecule has 0 radical (unpaired) electrons. The van der Waals surface area contributed by atoms with Crippen LogP contribution in [0.25, 0.3) is 6.08 Å². The maximum absolute atomic E-state index is 11.4. The van der Waals surface area contributed by atoms with Crippen molar-refractivity contribution in [3.63, 3.8) is 0 Å². The molecule has 0 fully saturated rings. The Morgan fingerprint density at radius 3 is 2.78 bits per heavy atom. The van der Waals surface area contributed by atoms with E-state index in [2.05, 4.69) is 5.32 Å². The van der Waals surface area contributed by atoms with Crippen LogP contribution < -0.4 is 20.5 Å². The van der Waals surface area contributed by atoms with Crippen LogP contribution in [0.3, 0.4) is 0 Å². The lowest BCUT2D eigenvalue weighted by atomic mass is 10.1. The largest absolute Gasteiger partial charge is 0.497 e. The molecule has 0 saturated carbocycles. The minimum absolute atomic E-state index is 0.190. The highest BCUT2D eigenvalue weighted by Gasteiger charge is 2.02. The molecule has 0 heterocycles. The first-order valence-electron chi connectivity index (χ1n) is 5.59. The van der Waals surface area contributed by atoms with E-state index in [9.17, 15) is 4.79 Å². The zero-order valence-electron chi connectivity index (χ0n) is 10.6. The number of hydrogen-bond acceptors (Lipinski definition) is 4. The Balaban J connectivity index is 2.81. The van der Waals surface area contributed by atoms with E-state index in [0.717, 1.165) is 5.56 Å². The van der Waals surface area contributed by atoms with Gasteiger partial charge < -0.3 is 20.5 Å². The number of nitrogens with one attached hydrogen (secondary N) is 1. The summed E-state index contributed by atoms with van der Waals surface area (Å²) in [6, 6.07) is 5.38. The van der Waals surface area contributed by atoms with Gasteiger partial charge in [-0.1, -0.05) is 0 Å². The fourth-order valence-corrected chi connectivity index (χ4v) is 1.39. The summed E-state index contributed by atoms with van der Waals surface area (Å²) in [5.74, 6) is 1.20. The van der Waals surface area contributed by atoms with Gasteiger partial charge in [0.05, 0.1) is 14.2 Å². The van der Waals surface area contributed by atoms with Crippen molar-refractivity contribution in [2.24, 2.45) is 5.73 Å². The summed E-state index contributed by atoms with van der Waals surface area (Å²) >= 11 is 0. The number of methoxy groups -OCH3 is 2. The van der Waals surface area contributed by atoms with Crippen LogP contribution in [0, 0.1) is 0 Å². The fourth-order valence-electron chi connectivity index (χ4n) is 1.39. The van der Waals surface area contributed by atoms with Gasteiger partial charge in [0.2, 0.25) is 5.91 Å². The summed E-state index contributed by atoms with van der Waals surface area (Å²) in [5.41, 5.74) is 6.07. The number of benzene rings is 1. The van der Waals surface area contributed by atoms with E-state index in [1.54, 1.807) is 38.5 Å². The standard InChI is InChI=1S/C13H18N2O3/c1-17-11-4-5-12(18-2)10(9-11)3-6-13(16)15-8-7-14/h3-6,9H,7-8,14H2,1-2H3,(H,15,16)/b6-3+. The van der Waals surface area contributed by atoms with Crippen LogP contribution >= 0.6 is 0 Å². The Kier molecular flexibility index (Phi) is 5.73. The molecular formula is C13H18N2O3. The Morgan fingerprint density at radius 2 is 2.17 bits per heavy atom. The van der Waals surface area contributed by atoms with E-state index in [0.29, 0.717) is 24.6 Å².